The Labute approximate surface area is 138 Å². The van der Waals surface area contributed by atoms with Gasteiger partial charge in [-0.1, -0.05) is 31.2 Å². The summed E-state index contributed by atoms with van der Waals surface area (Å²) in [4.78, 5) is 11.4. The van der Waals surface area contributed by atoms with E-state index < -0.39 is 0 Å². The van der Waals surface area contributed by atoms with E-state index in [1.165, 1.54) is 23.8 Å². The lowest BCUT2D eigenvalue weighted by atomic mass is 9.99. The Bertz CT molecular complexity index is 667. The average molecular weight is 310 g/mol. The van der Waals surface area contributed by atoms with Crippen molar-refractivity contribution >= 4 is 16.9 Å². The maximum absolute atomic E-state index is 4.53. The van der Waals surface area contributed by atoms with Gasteiger partial charge in [-0.15, -0.1) is 0 Å². The maximum Gasteiger partial charge on any atom is 0.193 e. The molecule has 1 N–H and O–H groups in total. The van der Waals surface area contributed by atoms with Crippen molar-refractivity contribution in [3.05, 3.63) is 42.1 Å². The molecule has 0 aliphatic carbocycles. The number of aliphatic imine (C=N–C) groups is 1. The highest BCUT2D eigenvalue weighted by molar-refractivity contribution is 5.82. The molecule has 1 aromatic heterocycles. The number of pyridine rings is 1. The molecule has 0 spiro atoms. The third kappa shape index (κ3) is 3.81. The fourth-order valence-corrected chi connectivity index (χ4v) is 3.23. The van der Waals surface area contributed by atoms with E-state index in [0.29, 0.717) is 0 Å². The number of hydrogen-bond donors (Lipinski definition) is 1. The first-order valence-electron chi connectivity index (χ1n) is 8.56. The van der Waals surface area contributed by atoms with Crippen molar-refractivity contribution in [3.63, 3.8) is 0 Å². The lowest BCUT2D eigenvalue weighted by Crippen LogP contribution is -2.45. The lowest BCUT2D eigenvalue weighted by Gasteiger charge is -2.32. The summed E-state index contributed by atoms with van der Waals surface area (Å²) in [5.74, 6) is 1.87. The number of likely N-dealkylation sites (tertiary alicyclic amines) is 1. The smallest absolute Gasteiger partial charge is 0.193 e. The summed E-state index contributed by atoms with van der Waals surface area (Å²) in [5.41, 5.74) is 2.40. The number of hydrogen-bond acceptors (Lipinski definition) is 2. The molecule has 0 bridgehead atoms. The highest BCUT2D eigenvalue weighted by Crippen LogP contribution is 2.17. The van der Waals surface area contributed by atoms with Crippen LogP contribution >= 0.6 is 0 Å². The zero-order chi connectivity index (χ0) is 16.1. The van der Waals surface area contributed by atoms with Gasteiger partial charge >= 0.3 is 0 Å². The van der Waals surface area contributed by atoms with E-state index in [-0.39, 0.29) is 0 Å². The number of benzene rings is 1. The van der Waals surface area contributed by atoms with Crippen LogP contribution in [0.25, 0.3) is 10.9 Å². The highest BCUT2D eigenvalue weighted by Gasteiger charge is 2.18. The van der Waals surface area contributed by atoms with Crippen molar-refractivity contribution in [2.45, 2.75) is 26.2 Å². The second-order valence-corrected chi connectivity index (χ2v) is 6.39. The number of para-hydroxylation sites is 1. The largest absolute Gasteiger partial charge is 0.356 e. The third-order valence-corrected chi connectivity index (χ3v) is 4.69. The van der Waals surface area contributed by atoms with Gasteiger partial charge in [0.1, 0.15) is 0 Å². The van der Waals surface area contributed by atoms with E-state index in [1.54, 1.807) is 0 Å². The lowest BCUT2D eigenvalue weighted by molar-refractivity contribution is 0.273. The van der Waals surface area contributed by atoms with Crippen LogP contribution in [0.2, 0.25) is 0 Å². The van der Waals surface area contributed by atoms with Gasteiger partial charge in [0, 0.05) is 38.3 Å². The van der Waals surface area contributed by atoms with Gasteiger partial charge in [-0.2, -0.15) is 0 Å². The molecule has 0 radical (unpaired) electrons. The van der Waals surface area contributed by atoms with Gasteiger partial charge in [-0.05, 0) is 36.8 Å². The van der Waals surface area contributed by atoms with E-state index in [2.05, 4.69) is 51.4 Å². The minimum absolute atomic E-state index is 0.839. The quantitative estimate of drug-likeness (QED) is 0.699. The molecule has 122 valence electrons. The van der Waals surface area contributed by atoms with Gasteiger partial charge < -0.3 is 10.2 Å². The Morgan fingerprint density at radius 2 is 2.04 bits per heavy atom. The molecule has 2 heterocycles. The van der Waals surface area contributed by atoms with Gasteiger partial charge in [0.15, 0.2) is 5.96 Å². The molecule has 1 aliphatic heterocycles. The van der Waals surface area contributed by atoms with Gasteiger partial charge in [0.05, 0.1) is 5.52 Å². The zero-order valence-electron chi connectivity index (χ0n) is 14.1. The van der Waals surface area contributed by atoms with Crippen LogP contribution < -0.4 is 5.32 Å². The summed E-state index contributed by atoms with van der Waals surface area (Å²) in [5, 5.41) is 4.72. The van der Waals surface area contributed by atoms with Crippen molar-refractivity contribution in [1.29, 1.82) is 0 Å². The standard InChI is InChI=1S/C19H26N4/c1-15-9-13-23(14-10-15)19(20-2)22-12-8-17-6-3-5-16-7-4-11-21-18(16)17/h3-7,11,15H,8-10,12-14H2,1-2H3,(H,20,22). The zero-order valence-corrected chi connectivity index (χ0v) is 14.1. The number of nitrogens with zero attached hydrogens (tertiary/aromatic N) is 3. The monoisotopic (exact) mass is 310 g/mol. The third-order valence-electron chi connectivity index (χ3n) is 4.69. The summed E-state index contributed by atoms with van der Waals surface area (Å²) in [6.07, 6.45) is 5.34. The van der Waals surface area contributed by atoms with Gasteiger partial charge in [0.25, 0.3) is 0 Å². The van der Waals surface area contributed by atoms with Crippen molar-refractivity contribution in [2.75, 3.05) is 26.7 Å². The Hall–Kier alpha value is -2.10. The molecule has 4 heteroatoms. The van der Waals surface area contributed by atoms with E-state index in [0.717, 1.165) is 43.4 Å². The number of nitrogens with one attached hydrogen (secondary N) is 1. The molecule has 0 amide bonds. The Morgan fingerprint density at radius 1 is 1.26 bits per heavy atom. The van der Waals surface area contributed by atoms with Gasteiger partial charge in [-0.3, -0.25) is 9.98 Å². The SMILES string of the molecule is CN=C(NCCc1cccc2cccnc12)N1CCC(C)CC1. The molecule has 1 saturated heterocycles. The number of fused-ring (bicyclic) bond motifs is 1. The first kappa shape index (κ1) is 15.8. The molecule has 1 aromatic carbocycles. The molecule has 0 unspecified atom stereocenters. The summed E-state index contributed by atoms with van der Waals surface area (Å²) < 4.78 is 0. The second-order valence-electron chi connectivity index (χ2n) is 6.39. The van der Waals surface area contributed by atoms with Gasteiger partial charge in [-0.25, -0.2) is 0 Å². The number of piperidine rings is 1. The first-order chi connectivity index (χ1) is 11.3. The Morgan fingerprint density at radius 3 is 2.83 bits per heavy atom. The molecule has 2 aromatic rings. The van der Waals surface area contributed by atoms with E-state index in [1.807, 2.05) is 19.3 Å². The molecular formula is C19H26N4. The Kier molecular flexibility index (Phi) is 5.11. The van der Waals surface area contributed by atoms with Crippen LogP contribution in [-0.4, -0.2) is 42.5 Å². The summed E-state index contributed by atoms with van der Waals surface area (Å²) in [6, 6.07) is 10.5. The molecule has 23 heavy (non-hydrogen) atoms. The second kappa shape index (κ2) is 7.44. The van der Waals surface area contributed by atoms with E-state index >= 15 is 0 Å². The Balaban J connectivity index is 1.59. The van der Waals surface area contributed by atoms with Crippen LogP contribution in [0.3, 0.4) is 0 Å². The van der Waals surface area contributed by atoms with Crippen molar-refractivity contribution < 1.29 is 0 Å². The van der Waals surface area contributed by atoms with Gasteiger partial charge in [0.2, 0.25) is 0 Å². The normalized spacial score (nSPS) is 16.8. The molecular weight excluding hydrogens is 284 g/mol. The predicted octanol–water partition coefficient (Wildman–Crippen LogP) is 3.08. The molecule has 4 nitrogen and oxygen atoms in total. The van der Waals surface area contributed by atoms with Crippen LogP contribution in [-0.2, 0) is 6.42 Å². The van der Waals surface area contributed by atoms with E-state index in [4.69, 9.17) is 0 Å². The minimum Gasteiger partial charge on any atom is -0.356 e. The molecule has 3 rings (SSSR count). The molecule has 1 fully saturated rings. The molecule has 0 atom stereocenters. The topological polar surface area (TPSA) is 40.5 Å². The number of aromatic nitrogens is 1. The van der Waals surface area contributed by atoms with Crippen LogP contribution in [0.4, 0.5) is 0 Å². The average Bonchev–Trinajstić information content (AvgIpc) is 2.60. The summed E-state index contributed by atoms with van der Waals surface area (Å²) in [6.45, 7) is 5.43. The van der Waals surface area contributed by atoms with Crippen molar-refractivity contribution in [2.24, 2.45) is 10.9 Å². The summed E-state index contributed by atoms with van der Waals surface area (Å²) in [7, 11) is 1.87. The first-order valence-corrected chi connectivity index (χ1v) is 8.56. The van der Waals surface area contributed by atoms with Crippen LogP contribution in [0, 0.1) is 5.92 Å². The molecule has 1 aliphatic rings. The number of guanidine groups is 1. The maximum atomic E-state index is 4.53. The van der Waals surface area contributed by atoms with Crippen molar-refractivity contribution in [3.8, 4) is 0 Å². The fraction of sp³-hybridized carbons (Fsp3) is 0.474. The van der Waals surface area contributed by atoms with Crippen LogP contribution in [0.1, 0.15) is 25.3 Å². The van der Waals surface area contributed by atoms with Crippen LogP contribution in [0.5, 0.6) is 0 Å². The van der Waals surface area contributed by atoms with Crippen LogP contribution in [0.15, 0.2) is 41.5 Å². The fourth-order valence-electron chi connectivity index (χ4n) is 3.23. The van der Waals surface area contributed by atoms with Crippen molar-refractivity contribution in [1.82, 2.24) is 15.2 Å². The minimum atomic E-state index is 0.839. The molecule has 0 saturated carbocycles. The summed E-state index contributed by atoms with van der Waals surface area (Å²) >= 11 is 0. The van der Waals surface area contributed by atoms with E-state index in [9.17, 15) is 0 Å². The highest BCUT2D eigenvalue weighted by atomic mass is 15.3. The number of rotatable bonds is 3. The predicted molar refractivity (Wildman–Crippen MR) is 96.8 cm³/mol.